The molecular weight excluding hydrogens is 228 g/mol. The molecule has 6 heteroatoms. The molecular formula is C11H14O6. The van der Waals surface area contributed by atoms with Gasteiger partial charge in [-0.1, -0.05) is 6.58 Å². The third-order valence-corrected chi connectivity index (χ3v) is 1.48. The third kappa shape index (κ3) is 7.78. The van der Waals surface area contributed by atoms with Crippen LogP contribution >= 0.6 is 0 Å². The molecule has 0 aliphatic rings. The maximum absolute atomic E-state index is 11.1. The normalized spacial score (nSPS) is 11.9. The smallest absolute Gasteiger partial charge is 0.333 e. The van der Waals surface area contributed by atoms with Crippen LogP contribution < -0.4 is 0 Å². The van der Waals surface area contributed by atoms with Gasteiger partial charge in [-0.15, -0.1) is 0 Å². The SMILES string of the molecule is C=C(C)C(=O)OC(C)COC(=O)/C=C\C(=O)O. The number of rotatable bonds is 6. The summed E-state index contributed by atoms with van der Waals surface area (Å²) in [6.07, 6.45) is 0.809. The Hall–Kier alpha value is -2.11. The highest BCUT2D eigenvalue weighted by atomic mass is 16.6. The van der Waals surface area contributed by atoms with Gasteiger partial charge in [-0.2, -0.15) is 0 Å². The lowest BCUT2D eigenvalue weighted by Gasteiger charge is -2.12. The van der Waals surface area contributed by atoms with Gasteiger partial charge in [0.05, 0.1) is 0 Å². The molecule has 0 radical (unpaired) electrons. The zero-order chi connectivity index (χ0) is 13.4. The van der Waals surface area contributed by atoms with E-state index < -0.39 is 24.0 Å². The predicted molar refractivity (Wildman–Crippen MR) is 58.1 cm³/mol. The Kier molecular flexibility index (Phi) is 6.32. The number of esters is 2. The van der Waals surface area contributed by atoms with Crippen LogP contribution in [0.1, 0.15) is 13.8 Å². The number of carboxylic acid groups (broad SMARTS) is 1. The first-order valence-electron chi connectivity index (χ1n) is 4.77. The van der Waals surface area contributed by atoms with Crippen molar-refractivity contribution >= 4 is 17.9 Å². The predicted octanol–water partition coefficient (Wildman–Crippen LogP) is 0.678. The summed E-state index contributed by atoms with van der Waals surface area (Å²) in [5.74, 6) is -2.64. The number of carbonyl (C=O) groups is 3. The highest BCUT2D eigenvalue weighted by Gasteiger charge is 2.11. The van der Waals surface area contributed by atoms with Crippen molar-refractivity contribution in [2.24, 2.45) is 0 Å². The monoisotopic (exact) mass is 242 g/mol. The van der Waals surface area contributed by atoms with Crippen LogP contribution in [0.5, 0.6) is 0 Å². The number of hydrogen-bond acceptors (Lipinski definition) is 5. The summed E-state index contributed by atoms with van der Waals surface area (Å²) in [6.45, 7) is 6.28. The molecule has 94 valence electrons. The van der Waals surface area contributed by atoms with Crippen LogP contribution in [-0.4, -0.2) is 35.7 Å². The van der Waals surface area contributed by atoms with Gasteiger partial charge < -0.3 is 14.6 Å². The second-order valence-electron chi connectivity index (χ2n) is 3.30. The number of carboxylic acids is 1. The van der Waals surface area contributed by atoms with E-state index in [0.29, 0.717) is 6.08 Å². The summed E-state index contributed by atoms with van der Waals surface area (Å²) >= 11 is 0. The molecule has 0 saturated heterocycles. The Morgan fingerprint density at radius 3 is 2.41 bits per heavy atom. The fourth-order valence-electron chi connectivity index (χ4n) is 0.704. The van der Waals surface area contributed by atoms with Crippen LogP contribution in [0.3, 0.4) is 0 Å². The minimum absolute atomic E-state index is 0.151. The summed E-state index contributed by atoms with van der Waals surface area (Å²) in [5, 5.41) is 8.25. The molecule has 17 heavy (non-hydrogen) atoms. The molecule has 0 aromatic rings. The molecule has 0 aromatic carbocycles. The van der Waals surface area contributed by atoms with Gasteiger partial charge >= 0.3 is 17.9 Å². The molecule has 0 fully saturated rings. The van der Waals surface area contributed by atoms with Gasteiger partial charge in [0.1, 0.15) is 12.7 Å². The fraction of sp³-hybridized carbons (Fsp3) is 0.364. The Bertz CT molecular complexity index is 355. The topological polar surface area (TPSA) is 89.9 Å². The van der Waals surface area contributed by atoms with Crippen molar-refractivity contribution in [2.75, 3.05) is 6.61 Å². The van der Waals surface area contributed by atoms with Crippen molar-refractivity contribution in [1.29, 1.82) is 0 Å². The summed E-state index contributed by atoms with van der Waals surface area (Å²) in [6, 6.07) is 0. The second kappa shape index (κ2) is 7.21. The number of carbonyl (C=O) groups excluding carboxylic acids is 2. The molecule has 0 spiro atoms. The minimum atomic E-state index is -1.25. The van der Waals surface area contributed by atoms with Crippen LogP contribution in [0, 0.1) is 0 Å². The third-order valence-electron chi connectivity index (χ3n) is 1.48. The Labute approximate surface area is 98.5 Å². The molecule has 6 nitrogen and oxygen atoms in total. The maximum Gasteiger partial charge on any atom is 0.333 e. The Balaban J connectivity index is 3.96. The molecule has 0 heterocycles. The zero-order valence-corrected chi connectivity index (χ0v) is 9.63. The van der Waals surface area contributed by atoms with Crippen LogP contribution in [0.25, 0.3) is 0 Å². The van der Waals surface area contributed by atoms with Gasteiger partial charge in [0.25, 0.3) is 0 Å². The molecule has 1 N–H and O–H groups in total. The average molecular weight is 242 g/mol. The number of aliphatic carboxylic acids is 1. The first-order chi connectivity index (χ1) is 7.82. The molecule has 0 aliphatic heterocycles. The van der Waals surface area contributed by atoms with E-state index in [1.165, 1.54) is 13.8 Å². The van der Waals surface area contributed by atoms with Crippen LogP contribution in [0.2, 0.25) is 0 Å². The lowest BCUT2D eigenvalue weighted by Crippen LogP contribution is -2.22. The lowest BCUT2D eigenvalue weighted by atomic mass is 10.3. The van der Waals surface area contributed by atoms with Crippen molar-refractivity contribution < 1.29 is 29.0 Å². The molecule has 1 unspecified atom stereocenters. The van der Waals surface area contributed by atoms with Gasteiger partial charge in [-0.3, -0.25) is 0 Å². The van der Waals surface area contributed by atoms with Crippen LogP contribution in [0.15, 0.2) is 24.3 Å². The second-order valence-corrected chi connectivity index (χ2v) is 3.30. The van der Waals surface area contributed by atoms with Crippen molar-refractivity contribution in [3.63, 3.8) is 0 Å². The Morgan fingerprint density at radius 2 is 1.94 bits per heavy atom. The molecule has 0 rings (SSSR count). The zero-order valence-electron chi connectivity index (χ0n) is 9.63. The summed E-state index contributed by atoms with van der Waals surface area (Å²) in [4.78, 5) is 32.1. The van der Waals surface area contributed by atoms with Crippen molar-refractivity contribution in [3.05, 3.63) is 24.3 Å². The summed E-state index contributed by atoms with van der Waals surface area (Å²) in [5.41, 5.74) is 0.244. The van der Waals surface area contributed by atoms with E-state index in [1.54, 1.807) is 0 Å². The van der Waals surface area contributed by atoms with Crippen LogP contribution in [-0.2, 0) is 23.9 Å². The molecule has 0 amide bonds. The van der Waals surface area contributed by atoms with E-state index in [2.05, 4.69) is 11.3 Å². The van der Waals surface area contributed by atoms with E-state index in [0.717, 1.165) is 6.08 Å². The van der Waals surface area contributed by atoms with Crippen molar-refractivity contribution in [1.82, 2.24) is 0 Å². The van der Waals surface area contributed by atoms with Gasteiger partial charge in [-0.25, -0.2) is 14.4 Å². The van der Waals surface area contributed by atoms with Crippen LogP contribution in [0.4, 0.5) is 0 Å². The highest BCUT2D eigenvalue weighted by molar-refractivity contribution is 5.90. The fourth-order valence-corrected chi connectivity index (χ4v) is 0.704. The van der Waals surface area contributed by atoms with Crippen molar-refractivity contribution in [2.45, 2.75) is 20.0 Å². The van der Waals surface area contributed by atoms with Gasteiger partial charge in [0.2, 0.25) is 0 Å². The van der Waals surface area contributed by atoms with E-state index in [4.69, 9.17) is 9.84 Å². The largest absolute Gasteiger partial charge is 0.478 e. The van der Waals surface area contributed by atoms with Gasteiger partial charge in [0, 0.05) is 17.7 Å². The van der Waals surface area contributed by atoms with E-state index in [9.17, 15) is 14.4 Å². The minimum Gasteiger partial charge on any atom is -0.478 e. The molecule has 0 bridgehead atoms. The van der Waals surface area contributed by atoms with E-state index in [-0.39, 0.29) is 12.2 Å². The Morgan fingerprint density at radius 1 is 1.35 bits per heavy atom. The van der Waals surface area contributed by atoms with Gasteiger partial charge in [0.15, 0.2) is 0 Å². The van der Waals surface area contributed by atoms with Crippen molar-refractivity contribution in [3.8, 4) is 0 Å². The molecule has 0 aliphatic carbocycles. The molecule has 1 atom stereocenters. The summed E-state index contributed by atoms with van der Waals surface area (Å²) in [7, 11) is 0. The first-order valence-corrected chi connectivity index (χ1v) is 4.77. The van der Waals surface area contributed by atoms with E-state index in [1.807, 2.05) is 0 Å². The lowest BCUT2D eigenvalue weighted by molar-refractivity contribution is -0.152. The number of ether oxygens (including phenoxy) is 2. The maximum atomic E-state index is 11.1. The highest BCUT2D eigenvalue weighted by Crippen LogP contribution is 1.99. The first kappa shape index (κ1) is 14.9. The number of hydrogen-bond donors (Lipinski definition) is 1. The summed E-state index contributed by atoms with van der Waals surface area (Å²) < 4.78 is 9.47. The average Bonchev–Trinajstić information content (AvgIpc) is 2.23. The molecule has 0 saturated carbocycles. The van der Waals surface area contributed by atoms with E-state index >= 15 is 0 Å². The van der Waals surface area contributed by atoms with Gasteiger partial charge in [-0.05, 0) is 13.8 Å². The quantitative estimate of drug-likeness (QED) is 0.544. The molecule has 0 aromatic heterocycles. The standard InChI is InChI=1S/C11H14O6/c1-7(2)11(15)17-8(3)6-16-10(14)5-4-9(12)13/h4-5,8H,1,6H2,2-3H3,(H,12,13)/b5-4-.